The van der Waals surface area contributed by atoms with E-state index < -0.39 is 5.97 Å². The highest BCUT2D eigenvalue weighted by molar-refractivity contribution is 5.87. The van der Waals surface area contributed by atoms with Gasteiger partial charge in [0.05, 0.1) is 11.9 Å². The smallest absolute Gasteiger partial charge is 0.371 e. The predicted octanol–water partition coefficient (Wildman–Crippen LogP) is 2.10. The van der Waals surface area contributed by atoms with Crippen molar-refractivity contribution in [1.82, 2.24) is 9.78 Å². The maximum Gasteiger partial charge on any atom is 0.371 e. The third-order valence-electron chi connectivity index (χ3n) is 3.07. The van der Waals surface area contributed by atoms with Crippen LogP contribution in [0.15, 0.2) is 16.7 Å². The number of aromatic nitrogens is 2. The van der Waals surface area contributed by atoms with E-state index in [1.54, 1.807) is 12.3 Å². The van der Waals surface area contributed by atoms with Crippen LogP contribution in [0.2, 0.25) is 0 Å². The average molecular weight is 232 g/mol. The molecule has 0 bridgehead atoms. The van der Waals surface area contributed by atoms with Crippen LogP contribution in [0.1, 0.15) is 28.3 Å². The van der Waals surface area contributed by atoms with E-state index in [4.69, 9.17) is 9.52 Å². The van der Waals surface area contributed by atoms with Gasteiger partial charge in [-0.2, -0.15) is 5.10 Å². The van der Waals surface area contributed by atoms with Crippen LogP contribution in [0.25, 0.3) is 11.3 Å². The van der Waals surface area contributed by atoms with Gasteiger partial charge in [-0.1, -0.05) is 0 Å². The van der Waals surface area contributed by atoms with Crippen molar-refractivity contribution < 1.29 is 14.3 Å². The van der Waals surface area contributed by atoms with Crippen LogP contribution in [0.5, 0.6) is 0 Å². The Morgan fingerprint density at radius 1 is 1.59 bits per heavy atom. The second-order valence-electron chi connectivity index (χ2n) is 4.26. The molecule has 1 aliphatic rings. The van der Waals surface area contributed by atoms with Crippen LogP contribution < -0.4 is 0 Å². The second-order valence-corrected chi connectivity index (χ2v) is 4.26. The van der Waals surface area contributed by atoms with E-state index >= 15 is 0 Å². The molecule has 0 saturated carbocycles. The summed E-state index contributed by atoms with van der Waals surface area (Å²) in [4.78, 5) is 10.9. The minimum Gasteiger partial charge on any atom is -0.475 e. The molecule has 0 amide bonds. The lowest BCUT2D eigenvalue weighted by molar-refractivity contribution is 0.0660. The van der Waals surface area contributed by atoms with Crippen molar-refractivity contribution in [3.8, 4) is 11.3 Å². The van der Waals surface area contributed by atoms with Gasteiger partial charge in [0.25, 0.3) is 0 Å². The van der Waals surface area contributed by atoms with Gasteiger partial charge in [-0.05, 0) is 18.9 Å². The largest absolute Gasteiger partial charge is 0.475 e. The summed E-state index contributed by atoms with van der Waals surface area (Å²) in [5.41, 5.74) is 2.90. The molecule has 0 spiro atoms. The number of aryl methyl sites for hydroxylation is 3. The van der Waals surface area contributed by atoms with Crippen LogP contribution >= 0.6 is 0 Å². The van der Waals surface area contributed by atoms with Crippen LogP contribution in [0, 0.1) is 6.92 Å². The van der Waals surface area contributed by atoms with Crippen LogP contribution in [-0.4, -0.2) is 20.9 Å². The Kier molecular flexibility index (Phi) is 2.07. The lowest BCUT2D eigenvalue weighted by Crippen LogP contribution is -2.00. The van der Waals surface area contributed by atoms with Crippen molar-refractivity contribution in [2.75, 3.05) is 0 Å². The van der Waals surface area contributed by atoms with E-state index in [0.717, 1.165) is 42.0 Å². The first-order valence-corrected chi connectivity index (χ1v) is 5.55. The Hall–Kier alpha value is -2.04. The first kappa shape index (κ1) is 10.1. The van der Waals surface area contributed by atoms with Crippen LogP contribution in [-0.2, 0) is 13.0 Å². The summed E-state index contributed by atoms with van der Waals surface area (Å²) in [6, 6.07) is 1.60. The number of nitrogens with zero attached hydrogens (tertiary/aromatic N) is 2. The minimum atomic E-state index is -1.03. The molecule has 1 N–H and O–H groups in total. The van der Waals surface area contributed by atoms with Gasteiger partial charge >= 0.3 is 5.97 Å². The number of aromatic carboxylic acids is 1. The minimum absolute atomic E-state index is 0.00375. The molecule has 17 heavy (non-hydrogen) atoms. The fourth-order valence-corrected chi connectivity index (χ4v) is 2.31. The molecule has 0 unspecified atom stereocenters. The summed E-state index contributed by atoms with van der Waals surface area (Å²) >= 11 is 0. The maximum atomic E-state index is 10.9. The average Bonchev–Trinajstić information content (AvgIpc) is 2.80. The molecule has 2 aromatic heterocycles. The molecule has 0 saturated heterocycles. The first-order chi connectivity index (χ1) is 8.16. The van der Waals surface area contributed by atoms with Gasteiger partial charge in [0.1, 0.15) is 5.76 Å². The first-order valence-electron chi connectivity index (χ1n) is 5.55. The van der Waals surface area contributed by atoms with Crippen molar-refractivity contribution in [3.63, 3.8) is 0 Å². The number of furan rings is 1. The fourth-order valence-electron chi connectivity index (χ4n) is 2.31. The van der Waals surface area contributed by atoms with Gasteiger partial charge in [0, 0.05) is 24.6 Å². The number of rotatable bonds is 1. The molecule has 5 heteroatoms. The summed E-state index contributed by atoms with van der Waals surface area (Å²) in [5.74, 6) is -0.268. The van der Waals surface area contributed by atoms with Crippen molar-refractivity contribution in [2.45, 2.75) is 26.3 Å². The molecule has 0 aromatic carbocycles. The fraction of sp³-hybridized carbons (Fsp3) is 0.333. The Bertz CT molecular complexity index is 595. The highest BCUT2D eigenvalue weighted by atomic mass is 16.4. The van der Waals surface area contributed by atoms with Crippen molar-refractivity contribution in [3.05, 3.63) is 29.3 Å². The third-order valence-corrected chi connectivity index (χ3v) is 3.07. The lowest BCUT2D eigenvalue weighted by atomic mass is 10.1. The van der Waals surface area contributed by atoms with Gasteiger partial charge in [-0.15, -0.1) is 0 Å². The molecular weight excluding hydrogens is 220 g/mol. The summed E-state index contributed by atoms with van der Waals surface area (Å²) in [6.07, 6.45) is 3.47. The number of hydrogen-bond donors (Lipinski definition) is 1. The Morgan fingerprint density at radius 3 is 3.18 bits per heavy atom. The molecule has 0 radical (unpaired) electrons. The van der Waals surface area contributed by atoms with E-state index in [9.17, 15) is 4.79 Å². The topological polar surface area (TPSA) is 68.3 Å². The Balaban J connectivity index is 2.23. The summed E-state index contributed by atoms with van der Waals surface area (Å²) in [6.45, 7) is 2.82. The Morgan fingerprint density at radius 2 is 2.41 bits per heavy atom. The lowest BCUT2D eigenvalue weighted by Gasteiger charge is -2.02. The molecule has 0 atom stereocenters. The number of carboxylic acid groups (broad SMARTS) is 1. The highest BCUT2D eigenvalue weighted by Gasteiger charge is 2.23. The quantitative estimate of drug-likeness (QED) is 0.817. The summed E-state index contributed by atoms with van der Waals surface area (Å²) in [5, 5.41) is 13.3. The number of carboxylic acids is 1. The zero-order chi connectivity index (χ0) is 12.0. The van der Waals surface area contributed by atoms with Crippen LogP contribution in [0.4, 0.5) is 0 Å². The van der Waals surface area contributed by atoms with Gasteiger partial charge in [-0.25, -0.2) is 4.79 Å². The zero-order valence-electron chi connectivity index (χ0n) is 9.43. The SMILES string of the molecule is Cc1cnn2c1-c1cc(C(=O)O)oc1CCC2. The molecule has 0 aliphatic carbocycles. The summed E-state index contributed by atoms with van der Waals surface area (Å²) < 4.78 is 7.31. The predicted molar refractivity (Wildman–Crippen MR) is 59.9 cm³/mol. The summed E-state index contributed by atoms with van der Waals surface area (Å²) in [7, 11) is 0. The van der Waals surface area contributed by atoms with Crippen molar-refractivity contribution >= 4 is 5.97 Å². The molecule has 2 aromatic rings. The molecule has 3 rings (SSSR count). The molecule has 0 fully saturated rings. The van der Waals surface area contributed by atoms with E-state index in [2.05, 4.69) is 5.10 Å². The third kappa shape index (κ3) is 1.46. The second kappa shape index (κ2) is 3.48. The maximum absolute atomic E-state index is 10.9. The van der Waals surface area contributed by atoms with E-state index in [1.807, 2.05) is 11.6 Å². The van der Waals surface area contributed by atoms with Gasteiger partial charge in [-0.3, -0.25) is 4.68 Å². The van der Waals surface area contributed by atoms with Gasteiger partial charge in [0.15, 0.2) is 0 Å². The zero-order valence-corrected chi connectivity index (χ0v) is 9.43. The van der Waals surface area contributed by atoms with Gasteiger partial charge < -0.3 is 9.52 Å². The van der Waals surface area contributed by atoms with Crippen molar-refractivity contribution in [1.29, 1.82) is 0 Å². The number of fused-ring (bicyclic) bond motifs is 3. The van der Waals surface area contributed by atoms with E-state index in [0.29, 0.717) is 0 Å². The standard InChI is InChI=1S/C12H12N2O3/c1-7-6-13-14-4-2-3-9-8(11(7)14)5-10(17-9)12(15)16/h5-6H,2-4H2,1H3,(H,15,16). The highest BCUT2D eigenvalue weighted by Crippen LogP contribution is 2.33. The normalized spacial score (nSPS) is 13.9. The monoisotopic (exact) mass is 232 g/mol. The Labute approximate surface area is 97.7 Å². The number of hydrogen-bond acceptors (Lipinski definition) is 3. The van der Waals surface area contributed by atoms with E-state index in [1.165, 1.54) is 0 Å². The molecule has 5 nitrogen and oxygen atoms in total. The molecule has 88 valence electrons. The molecule has 3 heterocycles. The van der Waals surface area contributed by atoms with Crippen LogP contribution in [0.3, 0.4) is 0 Å². The number of carbonyl (C=O) groups is 1. The van der Waals surface area contributed by atoms with E-state index in [-0.39, 0.29) is 5.76 Å². The van der Waals surface area contributed by atoms with Gasteiger partial charge in [0.2, 0.25) is 5.76 Å². The molecular formula is C12H12N2O3. The van der Waals surface area contributed by atoms with Crippen molar-refractivity contribution in [2.24, 2.45) is 0 Å². The molecule has 1 aliphatic heterocycles.